The molecular weight excluding hydrogens is 1130 g/mol. The SMILES string of the molecule is CCCCCCCCCCOc1ccc(C2=Cc3cc4ccc(cc5nc(cc6[nH]c(c(-c7ccc(OCCCCCCCCCC)cc7)c2n3)c(-c2ccc(OCCCCCCCCCC)cc2)c6-c2ccc(OCCCCCCCCCC)cc2)C=C5)[nH]4)cc1. The van der Waals surface area contributed by atoms with Crippen molar-refractivity contribution in [2.75, 3.05) is 26.4 Å². The Kier molecular flexibility index (Phi) is 29.5. The van der Waals surface area contributed by atoms with Gasteiger partial charge in [0.25, 0.3) is 0 Å². The van der Waals surface area contributed by atoms with Crippen molar-refractivity contribution in [2.24, 2.45) is 0 Å². The average molecular weight is 1240 g/mol. The smallest absolute Gasteiger partial charge is 0.119 e. The second-order valence-corrected chi connectivity index (χ2v) is 26.0. The van der Waals surface area contributed by atoms with Crippen LogP contribution in [0.2, 0.25) is 0 Å². The molecule has 0 fully saturated rings. The molecule has 0 amide bonds. The van der Waals surface area contributed by atoms with Crippen molar-refractivity contribution in [3.05, 3.63) is 156 Å². The summed E-state index contributed by atoms with van der Waals surface area (Å²) in [5, 5.41) is 0. The molecule has 5 heterocycles. The minimum atomic E-state index is 0.693. The van der Waals surface area contributed by atoms with Crippen LogP contribution < -0.4 is 18.9 Å². The van der Waals surface area contributed by atoms with Crippen LogP contribution in [0, 0.1) is 0 Å². The Labute approximate surface area is 553 Å². The quantitative estimate of drug-likeness (QED) is 0.0370. The summed E-state index contributed by atoms with van der Waals surface area (Å²) < 4.78 is 26.0. The number of H-pyrrole nitrogens is 2. The number of hydrogen-bond donors (Lipinski definition) is 2. The molecule has 490 valence electrons. The first-order chi connectivity index (χ1) is 45.5. The molecule has 0 radical (unpaired) electrons. The van der Waals surface area contributed by atoms with E-state index in [1.807, 2.05) is 0 Å². The van der Waals surface area contributed by atoms with E-state index in [9.17, 15) is 0 Å². The van der Waals surface area contributed by atoms with Gasteiger partial charge >= 0.3 is 0 Å². The van der Waals surface area contributed by atoms with Gasteiger partial charge < -0.3 is 28.9 Å². The first-order valence-corrected chi connectivity index (χ1v) is 36.6. The van der Waals surface area contributed by atoms with Crippen molar-refractivity contribution in [1.29, 1.82) is 0 Å². The third-order valence-corrected chi connectivity index (χ3v) is 18.3. The molecule has 92 heavy (non-hydrogen) atoms. The number of nitrogens with zero attached hydrogens (tertiary/aromatic N) is 2. The Morgan fingerprint density at radius 3 is 1.01 bits per heavy atom. The van der Waals surface area contributed by atoms with E-state index in [1.165, 1.54) is 180 Å². The van der Waals surface area contributed by atoms with Gasteiger partial charge in [0, 0.05) is 38.8 Å². The maximum atomic E-state index is 6.53. The highest BCUT2D eigenvalue weighted by molar-refractivity contribution is 6.11. The third-order valence-electron chi connectivity index (χ3n) is 18.3. The number of unbranched alkanes of at least 4 members (excludes halogenated alkanes) is 28. The third kappa shape index (κ3) is 21.9. The highest BCUT2D eigenvalue weighted by atomic mass is 16.5. The molecule has 0 unspecified atom stereocenters. The lowest BCUT2D eigenvalue weighted by Crippen LogP contribution is -1.98. The summed E-state index contributed by atoms with van der Waals surface area (Å²) in [5.74, 6) is 3.50. The van der Waals surface area contributed by atoms with Gasteiger partial charge in [-0.25, -0.2) is 9.97 Å². The van der Waals surface area contributed by atoms with E-state index in [0.29, 0.717) is 26.4 Å². The number of ether oxygens (including phenoxy) is 4. The second-order valence-electron chi connectivity index (χ2n) is 26.0. The van der Waals surface area contributed by atoms with Gasteiger partial charge in [-0.2, -0.15) is 0 Å². The maximum absolute atomic E-state index is 6.53. The zero-order chi connectivity index (χ0) is 63.6. The molecule has 2 N–H and O–H groups in total. The molecule has 0 saturated carbocycles. The fraction of sp³-hybridized carbons (Fsp3) is 0.476. The van der Waals surface area contributed by atoms with Gasteiger partial charge in [-0.3, -0.25) is 0 Å². The number of nitrogens with one attached hydrogen (secondary N) is 2. The van der Waals surface area contributed by atoms with Crippen LogP contribution in [0.25, 0.3) is 79.2 Å². The van der Waals surface area contributed by atoms with Crippen LogP contribution in [-0.4, -0.2) is 46.4 Å². The lowest BCUT2D eigenvalue weighted by atomic mass is 9.91. The molecule has 8 nitrogen and oxygen atoms in total. The van der Waals surface area contributed by atoms with Gasteiger partial charge in [0.1, 0.15) is 23.0 Å². The first-order valence-electron chi connectivity index (χ1n) is 36.6. The zero-order valence-corrected chi connectivity index (χ0v) is 56.8. The Morgan fingerprint density at radius 1 is 0.293 bits per heavy atom. The van der Waals surface area contributed by atoms with Crippen LogP contribution in [0.3, 0.4) is 0 Å². The molecule has 0 atom stereocenters. The van der Waals surface area contributed by atoms with Crippen LogP contribution in [0.5, 0.6) is 23.0 Å². The number of benzene rings is 4. The van der Waals surface area contributed by atoms with E-state index in [0.717, 1.165) is 138 Å². The molecule has 8 bridgehead atoms. The fourth-order valence-corrected chi connectivity index (χ4v) is 12.9. The molecule has 4 aromatic carbocycles. The van der Waals surface area contributed by atoms with Gasteiger partial charge in [0.05, 0.1) is 54.7 Å². The number of aromatic nitrogens is 4. The number of aromatic amines is 2. The predicted octanol–water partition coefficient (Wildman–Crippen LogP) is 25.2. The topological polar surface area (TPSA) is 94.3 Å². The molecule has 2 aliphatic heterocycles. The van der Waals surface area contributed by atoms with Crippen molar-refractivity contribution in [3.8, 4) is 56.4 Å². The van der Waals surface area contributed by atoms with Crippen molar-refractivity contribution < 1.29 is 18.9 Å². The monoisotopic (exact) mass is 1240 g/mol. The summed E-state index contributed by atoms with van der Waals surface area (Å²) in [6.45, 7) is 11.9. The summed E-state index contributed by atoms with van der Waals surface area (Å²) in [7, 11) is 0. The van der Waals surface area contributed by atoms with Crippen LogP contribution in [-0.2, 0) is 0 Å². The van der Waals surface area contributed by atoms with E-state index < -0.39 is 0 Å². The van der Waals surface area contributed by atoms with Gasteiger partial charge in [-0.05, 0) is 145 Å². The second kappa shape index (κ2) is 39.3. The average Bonchev–Trinajstić information content (AvgIpc) is 1.58. The molecule has 0 spiro atoms. The number of rotatable bonds is 44. The minimum Gasteiger partial charge on any atom is -0.494 e. The van der Waals surface area contributed by atoms with Crippen molar-refractivity contribution >= 4 is 45.9 Å². The first kappa shape index (κ1) is 69.0. The highest BCUT2D eigenvalue weighted by Gasteiger charge is 2.25. The van der Waals surface area contributed by atoms with Gasteiger partial charge in [-0.15, -0.1) is 0 Å². The van der Waals surface area contributed by atoms with Crippen LogP contribution in [0.15, 0.2) is 127 Å². The van der Waals surface area contributed by atoms with Crippen LogP contribution in [0.1, 0.15) is 262 Å². The Hall–Kier alpha value is -7.32. The van der Waals surface area contributed by atoms with E-state index >= 15 is 0 Å². The molecule has 8 heteroatoms. The van der Waals surface area contributed by atoms with Crippen molar-refractivity contribution in [3.63, 3.8) is 0 Å². The summed E-state index contributed by atoms with van der Waals surface area (Å²) in [4.78, 5) is 18.8. The van der Waals surface area contributed by atoms with Crippen molar-refractivity contribution in [1.82, 2.24) is 19.9 Å². The van der Waals surface area contributed by atoms with Crippen LogP contribution in [0.4, 0.5) is 0 Å². The normalized spacial score (nSPS) is 12.0. The molecule has 2 aliphatic rings. The Bertz CT molecular complexity index is 3480. The number of fused-ring (bicyclic) bond motifs is 8. The van der Waals surface area contributed by atoms with E-state index in [1.54, 1.807) is 0 Å². The molecule has 9 rings (SSSR count). The molecular formula is C84H110N4O4. The fourth-order valence-electron chi connectivity index (χ4n) is 12.9. The summed E-state index contributed by atoms with van der Waals surface area (Å²) in [6, 6.07) is 45.7. The Balaban J connectivity index is 1.15. The van der Waals surface area contributed by atoms with Gasteiger partial charge in [-0.1, -0.05) is 256 Å². The lowest BCUT2D eigenvalue weighted by Gasteiger charge is -2.14. The maximum Gasteiger partial charge on any atom is 0.119 e. The van der Waals surface area contributed by atoms with E-state index in [2.05, 4.69) is 183 Å². The molecule has 3 aromatic heterocycles. The zero-order valence-electron chi connectivity index (χ0n) is 56.8. The van der Waals surface area contributed by atoms with Gasteiger partial charge in [0.15, 0.2) is 0 Å². The Morgan fingerprint density at radius 2 is 0.620 bits per heavy atom. The minimum absolute atomic E-state index is 0.693. The molecule has 0 aliphatic carbocycles. The van der Waals surface area contributed by atoms with E-state index in [-0.39, 0.29) is 0 Å². The summed E-state index contributed by atoms with van der Waals surface area (Å²) >= 11 is 0. The summed E-state index contributed by atoms with van der Waals surface area (Å²) in [5.41, 5.74) is 15.6. The highest BCUT2D eigenvalue weighted by Crippen LogP contribution is 2.47. The molecule has 7 aromatic rings. The van der Waals surface area contributed by atoms with Crippen molar-refractivity contribution in [2.45, 2.75) is 233 Å². The number of hydrogen-bond acceptors (Lipinski definition) is 6. The molecule has 0 saturated heterocycles. The van der Waals surface area contributed by atoms with E-state index in [4.69, 9.17) is 28.9 Å². The predicted molar refractivity (Wildman–Crippen MR) is 392 cm³/mol. The lowest BCUT2D eigenvalue weighted by molar-refractivity contribution is 0.304. The summed E-state index contributed by atoms with van der Waals surface area (Å²) in [6.07, 6.45) is 46.8. The standard InChI is InChI=1S/C84H110N4O4/c1-5-9-13-17-21-25-29-33-57-89-74-49-37-65(38-50-74)78-63-73-62-71-46-45-69(85-71)61-70-47-48-72(86-70)64-79-80(66-39-51-75(52-40-66)90-58-34-30-26-22-18-14-10-6-2)81(67-41-53-76(54-42-67)91-59-35-31-27-23-19-15-11-7-3)84(88-79)82(83(78)87-73)68-43-55-77(56-44-68)92-60-36-32-28-24-20-16-12-8-4/h37-56,61-64,85,88H,5-36,57-60H2,1-4H3. The van der Waals surface area contributed by atoms with Gasteiger partial charge in [0.2, 0.25) is 0 Å². The van der Waals surface area contributed by atoms with Crippen LogP contribution >= 0.6 is 0 Å². The largest absolute Gasteiger partial charge is 0.494 e.